The van der Waals surface area contributed by atoms with Gasteiger partial charge in [0.2, 0.25) is 0 Å². The maximum absolute atomic E-state index is 12.9. The van der Waals surface area contributed by atoms with Crippen molar-refractivity contribution in [3.8, 4) is 11.8 Å². The molecule has 3 fully saturated rings. The first kappa shape index (κ1) is 19.4. The molecule has 158 valence electrons. The summed E-state index contributed by atoms with van der Waals surface area (Å²) in [5.74, 6) is -0.640. The molecule has 3 saturated carbocycles. The highest BCUT2D eigenvalue weighted by atomic mass is 19.4. The minimum Gasteiger partial charge on any atom is -0.496 e. The Balaban J connectivity index is 1.44. The Morgan fingerprint density at radius 3 is 2.65 bits per heavy atom. The predicted molar refractivity (Wildman–Crippen MR) is 103 cm³/mol. The van der Waals surface area contributed by atoms with Crippen LogP contribution in [-0.2, 0) is 11.6 Å². The molecule has 0 radical (unpaired) electrons. The smallest absolute Gasteiger partial charge is 0.433 e. The second kappa shape index (κ2) is 6.20. The molecule has 1 N–H and O–H groups in total. The molecule has 0 aliphatic heterocycles. The topological polar surface area (TPSA) is 92.3 Å². The fourth-order valence-electron chi connectivity index (χ4n) is 4.63. The molecule has 10 heteroatoms. The second-order valence-electron chi connectivity index (χ2n) is 8.21. The van der Waals surface area contributed by atoms with Gasteiger partial charge in [0, 0.05) is 23.9 Å². The van der Waals surface area contributed by atoms with Gasteiger partial charge in [-0.25, -0.2) is 9.97 Å². The third-order valence-electron chi connectivity index (χ3n) is 6.11. The SMILES string of the molecule is COc1cc2nc(C34CC(C#N)(C3)C4)cn2cc1C(=O)Nc1cccc(C(F)(F)F)n1. The van der Waals surface area contributed by atoms with Crippen molar-refractivity contribution in [3.05, 3.63) is 53.6 Å². The van der Waals surface area contributed by atoms with E-state index in [9.17, 15) is 23.2 Å². The van der Waals surface area contributed by atoms with Crippen LogP contribution in [0.5, 0.6) is 5.75 Å². The maximum Gasteiger partial charge on any atom is 0.433 e. The van der Waals surface area contributed by atoms with Gasteiger partial charge in [-0.05, 0) is 31.4 Å². The van der Waals surface area contributed by atoms with E-state index in [1.807, 2.05) is 6.20 Å². The number of anilines is 1. The monoisotopic (exact) mass is 427 g/mol. The molecule has 2 bridgehead atoms. The lowest BCUT2D eigenvalue weighted by Gasteiger charge is -2.66. The van der Waals surface area contributed by atoms with Crippen LogP contribution in [0, 0.1) is 16.7 Å². The van der Waals surface area contributed by atoms with E-state index >= 15 is 0 Å². The zero-order valence-corrected chi connectivity index (χ0v) is 16.3. The summed E-state index contributed by atoms with van der Waals surface area (Å²) in [5.41, 5.74) is 0.181. The summed E-state index contributed by atoms with van der Waals surface area (Å²) >= 11 is 0. The summed E-state index contributed by atoms with van der Waals surface area (Å²) in [4.78, 5) is 20.9. The largest absolute Gasteiger partial charge is 0.496 e. The lowest BCUT2D eigenvalue weighted by molar-refractivity contribution is -0.141. The molecule has 7 nitrogen and oxygen atoms in total. The normalized spacial score (nSPS) is 24.1. The van der Waals surface area contributed by atoms with Crippen LogP contribution < -0.4 is 10.1 Å². The Labute approximate surface area is 174 Å². The number of alkyl halides is 3. The Morgan fingerprint density at radius 1 is 1.26 bits per heavy atom. The Morgan fingerprint density at radius 2 is 2.00 bits per heavy atom. The van der Waals surface area contributed by atoms with E-state index in [1.165, 1.54) is 25.4 Å². The van der Waals surface area contributed by atoms with Gasteiger partial charge < -0.3 is 14.5 Å². The number of nitrogens with one attached hydrogen (secondary N) is 1. The van der Waals surface area contributed by atoms with Gasteiger partial charge >= 0.3 is 6.18 Å². The first-order valence-corrected chi connectivity index (χ1v) is 9.51. The van der Waals surface area contributed by atoms with Crippen LogP contribution in [-0.4, -0.2) is 27.4 Å². The van der Waals surface area contributed by atoms with Crippen molar-refractivity contribution in [2.75, 3.05) is 12.4 Å². The summed E-state index contributed by atoms with van der Waals surface area (Å²) in [7, 11) is 1.40. The average molecular weight is 427 g/mol. The zero-order chi connectivity index (χ0) is 22.0. The summed E-state index contributed by atoms with van der Waals surface area (Å²) in [5, 5.41) is 11.6. The predicted octanol–water partition coefficient (Wildman–Crippen LogP) is 3.95. The summed E-state index contributed by atoms with van der Waals surface area (Å²) < 4.78 is 45.6. The Kier molecular flexibility index (Phi) is 3.87. The summed E-state index contributed by atoms with van der Waals surface area (Å²) in [6.07, 6.45) is 1.09. The molecule has 6 rings (SSSR count). The molecule has 0 saturated heterocycles. The van der Waals surface area contributed by atoms with Gasteiger partial charge in [-0.3, -0.25) is 4.79 Å². The number of fused-ring (bicyclic) bond motifs is 1. The molecular formula is C21H16F3N5O2. The van der Waals surface area contributed by atoms with Crippen molar-refractivity contribution >= 4 is 17.4 Å². The highest BCUT2D eigenvalue weighted by Crippen LogP contribution is 2.73. The van der Waals surface area contributed by atoms with Gasteiger partial charge in [-0.15, -0.1) is 0 Å². The summed E-state index contributed by atoms with van der Waals surface area (Å²) in [6.45, 7) is 0. The van der Waals surface area contributed by atoms with Crippen molar-refractivity contribution in [2.45, 2.75) is 30.9 Å². The number of methoxy groups -OCH3 is 1. The number of ether oxygens (including phenoxy) is 1. The Hall–Kier alpha value is -3.61. The molecule has 3 aliphatic rings. The van der Waals surface area contributed by atoms with Crippen LogP contribution in [0.3, 0.4) is 0 Å². The van der Waals surface area contributed by atoms with E-state index in [2.05, 4.69) is 21.4 Å². The number of halogens is 3. The number of nitrogens with zero attached hydrogens (tertiary/aromatic N) is 4. The van der Waals surface area contributed by atoms with E-state index in [0.717, 1.165) is 31.0 Å². The molecule has 1 amide bonds. The highest BCUT2D eigenvalue weighted by Gasteiger charge is 2.70. The maximum atomic E-state index is 12.9. The quantitative estimate of drug-likeness (QED) is 0.681. The number of nitriles is 1. The average Bonchev–Trinajstić information content (AvgIpc) is 3.07. The van der Waals surface area contributed by atoms with Crippen LogP contribution in [0.2, 0.25) is 0 Å². The van der Waals surface area contributed by atoms with Gasteiger partial charge in [-0.2, -0.15) is 18.4 Å². The minimum absolute atomic E-state index is 0.0840. The number of rotatable bonds is 4. The van der Waals surface area contributed by atoms with Crippen LogP contribution >= 0.6 is 0 Å². The molecule has 0 aromatic carbocycles. The Bertz CT molecular complexity index is 1250. The lowest BCUT2D eigenvalue weighted by Crippen LogP contribution is -2.63. The van der Waals surface area contributed by atoms with Crippen LogP contribution in [0.25, 0.3) is 5.65 Å². The zero-order valence-electron chi connectivity index (χ0n) is 16.3. The number of carbonyl (C=O) groups is 1. The van der Waals surface area contributed by atoms with Gasteiger partial charge in [0.15, 0.2) is 0 Å². The number of pyridine rings is 2. The third kappa shape index (κ3) is 2.91. The number of hydrogen-bond donors (Lipinski definition) is 1. The molecule has 3 aromatic heterocycles. The van der Waals surface area contributed by atoms with E-state index in [0.29, 0.717) is 5.65 Å². The van der Waals surface area contributed by atoms with Gasteiger partial charge in [-0.1, -0.05) is 6.07 Å². The van der Waals surface area contributed by atoms with E-state index in [-0.39, 0.29) is 28.0 Å². The molecule has 0 spiro atoms. The first-order chi connectivity index (χ1) is 14.7. The number of carbonyl (C=O) groups excluding carboxylic acids is 1. The van der Waals surface area contributed by atoms with Crippen LogP contribution in [0.4, 0.5) is 19.0 Å². The van der Waals surface area contributed by atoms with Crippen molar-refractivity contribution < 1.29 is 22.7 Å². The third-order valence-corrected chi connectivity index (χ3v) is 6.11. The van der Waals surface area contributed by atoms with Crippen molar-refractivity contribution in [1.29, 1.82) is 5.26 Å². The number of hydrogen-bond acceptors (Lipinski definition) is 5. The number of aromatic nitrogens is 3. The summed E-state index contributed by atoms with van der Waals surface area (Å²) in [6, 6.07) is 7.25. The fourth-order valence-corrected chi connectivity index (χ4v) is 4.63. The van der Waals surface area contributed by atoms with Gasteiger partial charge in [0.05, 0.1) is 29.9 Å². The highest BCUT2D eigenvalue weighted by molar-refractivity contribution is 6.05. The molecule has 3 heterocycles. The molecule has 31 heavy (non-hydrogen) atoms. The number of amides is 1. The van der Waals surface area contributed by atoms with E-state index in [1.54, 1.807) is 10.5 Å². The minimum atomic E-state index is -4.61. The molecule has 3 aromatic rings. The van der Waals surface area contributed by atoms with Crippen molar-refractivity contribution in [1.82, 2.24) is 14.4 Å². The van der Waals surface area contributed by atoms with Gasteiger partial charge in [0.25, 0.3) is 5.91 Å². The molecule has 0 unspecified atom stereocenters. The lowest BCUT2D eigenvalue weighted by atomic mass is 9.35. The van der Waals surface area contributed by atoms with Crippen molar-refractivity contribution in [2.24, 2.45) is 5.41 Å². The van der Waals surface area contributed by atoms with E-state index in [4.69, 9.17) is 4.74 Å². The molecule has 3 aliphatic carbocycles. The second-order valence-corrected chi connectivity index (χ2v) is 8.21. The van der Waals surface area contributed by atoms with Crippen molar-refractivity contribution in [3.63, 3.8) is 0 Å². The van der Waals surface area contributed by atoms with Gasteiger partial charge in [0.1, 0.15) is 22.9 Å². The standard InChI is InChI=1S/C21H16F3N5O2/c1-31-13-5-17-27-15(20-8-19(9-20,10-20)11-25)7-29(17)6-12(13)18(30)28-16-4-2-3-14(26-16)21(22,23)24/h2-7H,8-10H2,1H3,(H,26,28,30). The van der Waals surface area contributed by atoms with E-state index < -0.39 is 17.8 Å². The first-order valence-electron chi connectivity index (χ1n) is 9.51. The molecule has 0 atom stereocenters. The fraction of sp³-hybridized carbons (Fsp3) is 0.333. The molecular weight excluding hydrogens is 411 g/mol. The van der Waals surface area contributed by atoms with Crippen LogP contribution in [0.1, 0.15) is 41.0 Å². The van der Waals surface area contributed by atoms with Crippen LogP contribution in [0.15, 0.2) is 36.7 Å². The number of imidazole rings is 1.